The van der Waals surface area contributed by atoms with Crippen molar-refractivity contribution in [2.75, 3.05) is 5.75 Å². The van der Waals surface area contributed by atoms with E-state index < -0.39 is 0 Å². The van der Waals surface area contributed by atoms with E-state index in [0.717, 1.165) is 28.7 Å². The lowest BCUT2D eigenvalue weighted by Gasteiger charge is -2.11. The first-order chi connectivity index (χ1) is 13.0. The zero-order chi connectivity index (χ0) is 19.2. The number of benzene rings is 2. The average molecular weight is 418 g/mol. The van der Waals surface area contributed by atoms with Crippen LogP contribution in [0.3, 0.4) is 0 Å². The van der Waals surface area contributed by atoms with Crippen LogP contribution in [0.4, 0.5) is 0 Å². The minimum atomic E-state index is 0.561. The SMILES string of the molecule is CC(C)=CCSc1nnc(Cc2ccccc2)n1Cc1ccc(Cl)c(Cl)c1. The molecule has 0 atom stereocenters. The number of aromatic nitrogens is 3. The molecule has 0 aliphatic rings. The smallest absolute Gasteiger partial charge is 0.191 e. The van der Waals surface area contributed by atoms with Crippen LogP contribution in [0.1, 0.15) is 30.8 Å². The van der Waals surface area contributed by atoms with E-state index in [0.29, 0.717) is 16.6 Å². The lowest BCUT2D eigenvalue weighted by Crippen LogP contribution is -2.07. The predicted octanol–water partition coefficient (Wildman–Crippen LogP) is 6.28. The lowest BCUT2D eigenvalue weighted by molar-refractivity contribution is 0.676. The minimum absolute atomic E-state index is 0.561. The van der Waals surface area contributed by atoms with Crippen LogP contribution in [0.2, 0.25) is 10.0 Å². The summed E-state index contributed by atoms with van der Waals surface area (Å²) in [5, 5.41) is 10.9. The van der Waals surface area contributed by atoms with Crippen molar-refractivity contribution >= 4 is 35.0 Å². The highest BCUT2D eigenvalue weighted by Crippen LogP contribution is 2.25. The van der Waals surface area contributed by atoms with E-state index in [1.807, 2.05) is 36.4 Å². The van der Waals surface area contributed by atoms with Gasteiger partial charge in [-0.2, -0.15) is 0 Å². The van der Waals surface area contributed by atoms with Crippen LogP contribution in [0, 0.1) is 0 Å². The Labute approximate surface area is 174 Å². The van der Waals surface area contributed by atoms with Crippen molar-refractivity contribution in [3.05, 3.63) is 87.2 Å². The molecule has 3 rings (SSSR count). The summed E-state index contributed by atoms with van der Waals surface area (Å²) in [7, 11) is 0. The van der Waals surface area contributed by atoms with Gasteiger partial charge in [0, 0.05) is 12.2 Å². The molecule has 140 valence electrons. The standard InChI is InChI=1S/C21H21Cl2N3S/c1-15(2)10-11-27-21-25-24-20(13-16-6-4-3-5-7-16)26(21)14-17-8-9-18(22)19(23)12-17/h3-10,12H,11,13-14H2,1-2H3. The second-order valence-electron chi connectivity index (χ2n) is 6.49. The summed E-state index contributed by atoms with van der Waals surface area (Å²) in [6.45, 7) is 4.85. The third-order valence-electron chi connectivity index (χ3n) is 4.03. The normalized spacial score (nSPS) is 10.8. The number of thioether (sulfide) groups is 1. The summed E-state index contributed by atoms with van der Waals surface area (Å²) in [6, 6.07) is 16.0. The molecule has 0 unspecified atom stereocenters. The molecule has 0 spiro atoms. The minimum Gasteiger partial charge on any atom is -0.301 e. The molecule has 0 saturated carbocycles. The molecule has 0 fully saturated rings. The first-order valence-corrected chi connectivity index (χ1v) is 10.4. The molecule has 0 amide bonds. The Morgan fingerprint density at radius 2 is 1.78 bits per heavy atom. The molecule has 0 aliphatic carbocycles. The Kier molecular flexibility index (Phi) is 7.00. The molecular formula is C21H21Cl2N3S. The predicted molar refractivity (Wildman–Crippen MR) is 115 cm³/mol. The van der Waals surface area contributed by atoms with Crippen LogP contribution in [0.25, 0.3) is 0 Å². The van der Waals surface area contributed by atoms with Gasteiger partial charge in [-0.1, -0.05) is 83.0 Å². The van der Waals surface area contributed by atoms with Gasteiger partial charge in [-0.15, -0.1) is 10.2 Å². The fourth-order valence-corrected chi connectivity index (χ4v) is 3.91. The van der Waals surface area contributed by atoms with Crippen LogP contribution >= 0.6 is 35.0 Å². The van der Waals surface area contributed by atoms with E-state index >= 15 is 0 Å². The van der Waals surface area contributed by atoms with E-state index in [9.17, 15) is 0 Å². The number of hydrogen-bond donors (Lipinski definition) is 0. The summed E-state index contributed by atoms with van der Waals surface area (Å²) in [5.41, 5.74) is 3.58. The van der Waals surface area contributed by atoms with Gasteiger partial charge in [-0.3, -0.25) is 0 Å². The highest BCUT2D eigenvalue weighted by Gasteiger charge is 2.14. The zero-order valence-corrected chi connectivity index (χ0v) is 17.7. The van der Waals surface area contributed by atoms with Gasteiger partial charge in [0.05, 0.1) is 16.6 Å². The molecule has 2 aromatic carbocycles. The number of hydrogen-bond acceptors (Lipinski definition) is 3. The first kappa shape index (κ1) is 20.0. The Balaban J connectivity index is 1.89. The fraction of sp³-hybridized carbons (Fsp3) is 0.238. The van der Waals surface area contributed by atoms with Gasteiger partial charge < -0.3 is 4.57 Å². The van der Waals surface area contributed by atoms with Gasteiger partial charge in [-0.25, -0.2) is 0 Å². The van der Waals surface area contributed by atoms with Gasteiger partial charge in [0.15, 0.2) is 5.16 Å². The fourth-order valence-electron chi connectivity index (χ4n) is 2.60. The van der Waals surface area contributed by atoms with E-state index in [1.54, 1.807) is 11.8 Å². The summed E-state index contributed by atoms with van der Waals surface area (Å²) < 4.78 is 2.16. The van der Waals surface area contributed by atoms with Gasteiger partial charge in [0.1, 0.15) is 5.82 Å². The molecule has 0 saturated heterocycles. The Hall–Kier alpha value is -1.75. The molecular weight excluding hydrogens is 397 g/mol. The number of halogens is 2. The molecule has 3 nitrogen and oxygen atoms in total. The Morgan fingerprint density at radius 1 is 1.00 bits per heavy atom. The lowest BCUT2D eigenvalue weighted by atomic mass is 10.1. The first-order valence-electron chi connectivity index (χ1n) is 8.69. The molecule has 0 aliphatic heterocycles. The summed E-state index contributed by atoms with van der Waals surface area (Å²) in [6.07, 6.45) is 2.93. The van der Waals surface area contributed by atoms with Crippen molar-refractivity contribution in [3.63, 3.8) is 0 Å². The van der Waals surface area contributed by atoms with E-state index in [-0.39, 0.29) is 0 Å². The zero-order valence-electron chi connectivity index (χ0n) is 15.3. The molecule has 1 aromatic heterocycles. The summed E-state index contributed by atoms with van der Waals surface area (Å²) >= 11 is 13.9. The third kappa shape index (κ3) is 5.61. The number of nitrogens with zero attached hydrogens (tertiary/aromatic N) is 3. The average Bonchev–Trinajstić information content (AvgIpc) is 3.00. The van der Waals surface area contributed by atoms with Gasteiger partial charge in [0.2, 0.25) is 0 Å². The van der Waals surface area contributed by atoms with Gasteiger partial charge in [-0.05, 0) is 37.1 Å². The molecule has 0 N–H and O–H groups in total. The highest BCUT2D eigenvalue weighted by molar-refractivity contribution is 7.99. The maximum absolute atomic E-state index is 6.20. The van der Waals surface area contributed by atoms with Crippen LogP contribution < -0.4 is 0 Å². The largest absolute Gasteiger partial charge is 0.301 e. The molecule has 1 heterocycles. The topological polar surface area (TPSA) is 30.7 Å². The maximum atomic E-state index is 6.20. The van der Waals surface area contributed by atoms with Crippen LogP contribution in [0.15, 0.2) is 65.3 Å². The quantitative estimate of drug-likeness (QED) is 0.334. The summed E-state index contributed by atoms with van der Waals surface area (Å²) in [5.74, 6) is 1.81. The van der Waals surface area contributed by atoms with Crippen molar-refractivity contribution in [3.8, 4) is 0 Å². The van der Waals surface area contributed by atoms with Crippen molar-refractivity contribution in [1.29, 1.82) is 0 Å². The van der Waals surface area contributed by atoms with Crippen molar-refractivity contribution in [1.82, 2.24) is 14.8 Å². The number of rotatable bonds is 7. The van der Waals surface area contributed by atoms with Crippen molar-refractivity contribution in [2.24, 2.45) is 0 Å². The maximum Gasteiger partial charge on any atom is 0.191 e. The van der Waals surface area contributed by atoms with E-state index in [4.69, 9.17) is 23.2 Å². The van der Waals surface area contributed by atoms with Crippen LogP contribution in [-0.2, 0) is 13.0 Å². The molecule has 6 heteroatoms. The highest BCUT2D eigenvalue weighted by atomic mass is 35.5. The van der Waals surface area contributed by atoms with E-state index in [2.05, 4.69) is 46.8 Å². The molecule has 0 bridgehead atoms. The second-order valence-corrected chi connectivity index (χ2v) is 8.29. The molecule has 0 radical (unpaired) electrons. The Bertz CT molecular complexity index is 932. The van der Waals surface area contributed by atoms with Crippen molar-refractivity contribution < 1.29 is 0 Å². The van der Waals surface area contributed by atoms with Gasteiger partial charge >= 0.3 is 0 Å². The monoisotopic (exact) mass is 417 g/mol. The van der Waals surface area contributed by atoms with Crippen LogP contribution in [0.5, 0.6) is 0 Å². The molecule has 27 heavy (non-hydrogen) atoms. The molecule has 3 aromatic rings. The van der Waals surface area contributed by atoms with Crippen molar-refractivity contribution in [2.45, 2.75) is 32.0 Å². The third-order valence-corrected chi connectivity index (χ3v) is 5.66. The Morgan fingerprint density at radius 3 is 2.48 bits per heavy atom. The second kappa shape index (κ2) is 9.45. The van der Waals surface area contributed by atoms with E-state index in [1.165, 1.54) is 11.1 Å². The summed E-state index contributed by atoms with van der Waals surface area (Å²) in [4.78, 5) is 0. The van der Waals surface area contributed by atoms with Crippen LogP contribution in [-0.4, -0.2) is 20.5 Å². The van der Waals surface area contributed by atoms with Gasteiger partial charge in [0.25, 0.3) is 0 Å². The number of allylic oxidation sites excluding steroid dienone is 1.